The van der Waals surface area contributed by atoms with Gasteiger partial charge in [0.15, 0.2) is 0 Å². The van der Waals surface area contributed by atoms with E-state index >= 15 is 0 Å². The number of likely N-dealkylation sites (N-methyl/N-ethyl adjacent to an activating group) is 1. The molecule has 4 N–H and O–H groups in total. The van der Waals surface area contributed by atoms with Gasteiger partial charge in [0.05, 0.1) is 12.1 Å². The molecule has 0 radical (unpaired) electrons. The van der Waals surface area contributed by atoms with E-state index in [9.17, 15) is 24.3 Å². The molecule has 0 aliphatic heterocycles. The van der Waals surface area contributed by atoms with E-state index in [-0.39, 0.29) is 19.1 Å². The van der Waals surface area contributed by atoms with E-state index in [0.717, 1.165) is 0 Å². The van der Waals surface area contributed by atoms with Crippen LogP contribution in [0.2, 0.25) is 0 Å². The Morgan fingerprint density at radius 2 is 1.68 bits per heavy atom. The van der Waals surface area contributed by atoms with E-state index in [1.165, 1.54) is 11.8 Å². The molecule has 37 heavy (non-hydrogen) atoms. The number of carbonyl (C=O) groups is 4. The normalized spacial score (nSPS) is 15.7. The van der Waals surface area contributed by atoms with Crippen LogP contribution in [0.5, 0.6) is 0 Å². The summed E-state index contributed by atoms with van der Waals surface area (Å²) >= 11 is 0. The van der Waals surface area contributed by atoms with E-state index in [0.29, 0.717) is 24.1 Å². The van der Waals surface area contributed by atoms with Crippen LogP contribution >= 0.6 is 0 Å². The summed E-state index contributed by atoms with van der Waals surface area (Å²) in [5.41, 5.74) is -0.549. The van der Waals surface area contributed by atoms with E-state index in [4.69, 9.17) is 9.47 Å². The van der Waals surface area contributed by atoms with Crippen molar-refractivity contribution in [3.63, 3.8) is 0 Å². The molecule has 0 unspecified atom stereocenters. The summed E-state index contributed by atoms with van der Waals surface area (Å²) in [6.07, 6.45) is 0.00463. The standard InChI is InChI=1S/C26H40N4O7/c1-16(2)20(29-23(33)37-25(4,5)6)22(32)27-17(3)21(31)28-19-11-9-8-10-18(19)14-36-24(34)30(7)15-26(35)12-13-26/h8-11,16-17,20,35H,12-15H2,1-7H3,(H,27,32)(H,28,31)(H,29,33)/t17-,20-/m0/s1. The first-order valence-corrected chi connectivity index (χ1v) is 12.4. The molecular formula is C26H40N4O7. The zero-order chi connectivity index (χ0) is 28.0. The highest BCUT2D eigenvalue weighted by atomic mass is 16.6. The number of hydrogen-bond donors (Lipinski definition) is 4. The van der Waals surface area contributed by atoms with Gasteiger partial charge in [-0.05, 0) is 52.5 Å². The zero-order valence-corrected chi connectivity index (χ0v) is 22.7. The van der Waals surface area contributed by atoms with Gasteiger partial charge in [-0.15, -0.1) is 0 Å². The van der Waals surface area contributed by atoms with Gasteiger partial charge in [0.1, 0.15) is 24.3 Å². The molecule has 2 atom stereocenters. The zero-order valence-electron chi connectivity index (χ0n) is 22.7. The second-order valence-corrected chi connectivity index (χ2v) is 10.9. The minimum absolute atomic E-state index is 0.0893. The molecule has 1 fully saturated rings. The highest BCUT2D eigenvalue weighted by Gasteiger charge is 2.42. The molecule has 0 heterocycles. The van der Waals surface area contributed by atoms with Gasteiger partial charge in [-0.25, -0.2) is 9.59 Å². The Bertz CT molecular complexity index is 985. The predicted octanol–water partition coefficient (Wildman–Crippen LogP) is 2.77. The fourth-order valence-electron chi connectivity index (χ4n) is 3.41. The quantitative estimate of drug-likeness (QED) is 0.371. The molecule has 0 saturated heterocycles. The van der Waals surface area contributed by atoms with Crippen LogP contribution < -0.4 is 16.0 Å². The van der Waals surface area contributed by atoms with Gasteiger partial charge < -0.3 is 35.4 Å². The van der Waals surface area contributed by atoms with Crippen molar-refractivity contribution in [2.45, 2.75) is 84.3 Å². The van der Waals surface area contributed by atoms with Crippen LogP contribution in [0, 0.1) is 5.92 Å². The molecule has 2 rings (SSSR count). The number of carbonyl (C=O) groups excluding carboxylic acids is 4. The van der Waals surface area contributed by atoms with Gasteiger partial charge in [0, 0.05) is 18.3 Å². The molecule has 11 nitrogen and oxygen atoms in total. The SMILES string of the molecule is CC(C)[C@H](NC(=O)OC(C)(C)C)C(=O)N[C@@H](C)C(=O)Nc1ccccc1COC(=O)N(C)CC1(O)CC1. The third-order valence-electron chi connectivity index (χ3n) is 5.67. The van der Waals surface area contributed by atoms with Gasteiger partial charge in [-0.1, -0.05) is 32.0 Å². The molecule has 1 saturated carbocycles. The Morgan fingerprint density at radius 3 is 2.24 bits per heavy atom. The first-order chi connectivity index (χ1) is 17.1. The Balaban J connectivity index is 1.94. The number of nitrogens with one attached hydrogen (secondary N) is 3. The Kier molecular flexibility index (Phi) is 9.91. The Labute approximate surface area is 218 Å². The lowest BCUT2D eigenvalue weighted by atomic mass is 10.0. The number of aliphatic hydroxyl groups is 1. The van der Waals surface area contributed by atoms with Crippen molar-refractivity contribution in [2.75, 3.05) is 18.9 Å². The molecule has 4 amide bonds. The van der Waals surface area contributed by atoms with Crippen LogP contribution in [-0.4, -0.2) is 70.9 Å². The largest absolute Gasteiger partial charge is 0.444 e. The minimum Gasteiger partial charge on any atom is -0.444 e. The summed E-state index contributed by atoms with van der Waals surface area (Å²) in [6, 6.07) is 5.01. The number of alkyl carbamates (subject to hydrolysis) is 1. The van der Waals surface area contributed by atoms with E-state index in [1.807, 2.05) is 0 Å². The minimum atomic E-state index is -0.921. The number of benzene rings is 1. The summed E-state index contributed by atoms with van der Waals surface area (Å²) in [7, 11) is 1.55. The number of hydrogen-bond acceptors (Lipinski definition) is 7. The van der Waals surface area contributed by atoms with Crippen LogP contribution in [0.25, 0.3) is 0 Å². The van der Waals surface area contributed by atoms with Gasteiger partial charge in [0.25, 0.3) is 0 Å². The number of para-hydroxylation sites is 1. The summed E-state index contributed by atoms with van der Waals surface area (Å²) in [4.78, 5) is 51.4. The van der Waals surface area contributed by atoms with Gasteiger partial charge in [-0.2, -0.15) is 0 Å². The highest BCUT2D eigenvalue weighted by Crippen LogP contribution is 2.35. The van der Waals surface area contributed by atoms with Crippen molar-refractivity contribution in [2.24, 2.45) is 5.92 Å². The predicted molar refractivity (Wildman–Crippen MR) is 138 cm³/mol. The van der Waals surface area contributed by atoms with E-state index < -0.39 is 47.3 Å². The number of anilines is 1. The van der Waals surface area contributed by atoms with Crippen molar-refractivity contribution in [3.8, 4) is 0 Å². The summed E-state index contributed by atoms with van der Waals surface area (Å²) in [5.74, 6) is -1.26. The molecule has 0 aromatic heterocycles. The van der Waals surface area contributed by atoms with Gasteiger partial charge in [0.2, 0.25) is 11.8 Å². The average Bonchev–Trinajstić information content (AvgIpc) is 3.51. The molecule has 1 aromatic carbocycles. The maximum atomic E-state index is 12.8. The fourth-order valence-corrected chi connectivity index (χ4v) is 3.41. The molecule has 1 aromatic rings. The molecule has 206 valence electrons. The summed E-state index contributed by atoms with van der Waals surface area (Å²) < 4.78 is 10.6. The topological polar surface area (TPSA) is 146 Å². The smallest absolute Gasteiger partial charge is 0.409 e. The van der Waals surface area contributed by atoms with Crippen molar-refractivity contribution >= 4 is 29.7 Å². The van der Waals surface area contributed by atoms with Crippen molar-refractivity contribution in [1.29, 1.82) is 0 Å². The van der Waals surface area contributed by atoms with Crippen molar-refractivity contribution < 1.29 is 33.8 Å². The first-order valence-electron chi connectivity index (χ1n) is 12.4. The third-order valence-corrected chi connectivity index (χ3v) is 5.67. The maximum absolute atomic E-state index is 12.8. The number of ether oxygens (including phenoxy) is 2. The Hall–Kier alpha value is -3.34. The number of rotatable bonds is 10. The van der Waals surface area contributed by atoms with Crippen LogP contribution in [0.3, 0.4) is 0 Å². The van der Waals surface area contributed by atoms with Crippen molar-refractivity contribution in [3.05, 3.63) is 29.8 Å². The second-order valence-electron chi connectivity index (χ2n) is 10.9. The average molecular weight is 521 g/mol. The second kappa shape index (κ2) is 12.3. The first kappa shape index (κ1) is 29.9. The molecule has 1 aliphatic rings. The number of nitrogens with zero attached hydrogens (tertiary/aromatic N) is 1. The number of amides is 4. The lowest BCUT2D eigenvalue weighted by Crippen LogP contribution is -2.54. The Morgan fingerprint density at radius 1 is 1.05 bits per heavy atom. The molecule has 0 spiro atoms. The van der Waals surface area contributed by atoms with Crippen molar-refractivity contribution in [1.82, 2.24) is 15.5 Å². The van der Waals surface area contributed by atoms with Crippen LogP contribution in [-0.2, 0) is 25.7 Å². The fraction of sp³-hybridized carbons (Fsp3) is 0.615. The lowest BCUT2D eigenvalue weighted by Gasteiger charge is -2.26. The van der Waals surface area contributed by atoms with E-state index in [2.05, 4.69) is 16.0 Å². The van der Waals surface area contributed by atoms with Gasteiger partial charge >= 0.3 is 12.2 Å². The lowest BCUT2D eigenvalue weighted by molar-refractivity contribution is -0.128. The van der Waals surface area contributed by atoms with Crippen LogP contribution in [0.4, 0.5) is 15.3 Å². The van der Waals surface area contributed by atoms with Gasteiger partial charge in [-0.3, -0.25) is 9.59 Å². The molecule has 11 heteroatoms. The van der Waals surface area contributed by atoms with Crippen LogP contribution in [0.15, 0.2) is 24.3 Å². The highest BCUT2D eigenvalue weighted by molar-refractivity contribution is 5.98. The van der Waals surface area contributed by atoms with E-state index in [1.54, 1.807) is 65.9 Å². The summed E-state index contributed by atoms with van der Waals surface area (Å²) in [6.45, 7) is 10.3. The third kappa shape index (κ3) is 9.91. The molecular weight excluding hydrogens is 480 g/mol. The van der Waals surface area contributed by atoms with Crippen LogP contribution in [0.1, 0.15) is 59.9 Å². The maximum Gasteiger partial charge on any atom is 0.409 e. The molecule has 0 bridgehead atoms. The summed E-state index contributed by atoms with van der Waals surface area (Å²) in [5, 5.41) is 17.9. The monoisotopic (exact) mass is 520 g/mol. The molecule has 1 aliphatic carbocycles.